The zero-order chi connectivity index (χ0) is 25.3. The molecule has 7 heteroatoms. The molecule has 4 N–H and O–H groups in total. The summed E-state index contributed by atoms with van der Waals surface area (Å²) in [5, 5.41) is 10.6. The Morgan fingerprint density at radius 3 is 2.54 bits per heavy atom. The number of anilines is 2. The number of rotatable bonds is 3. The van der Waals surface area contributed by atoms with Gasteiger partial charge in [0.05, 0.1) is 5.69 Å². The van der Waals surface area contributed by atoms with Gasteiger partial charge < -0.3 is 16.4 Å². The Balaban J connectivity index is 1.65. The minimum absolute atomic E-state index is 0.0364. The molecule has 35 heavy (non-hydrogen) atoms. The first-order chi connectivity index (χ1) is 16.5. The van der Waals surface area contributed by atoms with Crippen molar-refractivity contribution in [3.05, 3.63) is 40.3 Å². The van der Waals surface area contributed by atoms with E-state index in [2.05, 4.69) is 57.8 Å². The van der Waals surface area contributed by atoms with Crippen molar-refractivity contribution in [1.82, 2.24) is 9.88 Å². The van der Waals surface area contributed by atoms with E-state index in [0.717, 1.165) is 31.4 Å². The summed E-state index contributed by atoms with van der Waals surface area (Å²) < 4.78 is 0. The fourth-order valence-electron chi connectivity index (χ4n) is 6.44. The number of fused-ring (bicyclic) bond motifs is 3. The summed E-state index contributed by atoms with van der Waals surface area (Å²) in [6, 6.07) is 10.5. The molecule has 2 atom stereocenters. The molecule has 1 amide bonds. The first-order valence-corrected chi connectivity index (χ1v) is 13.1. The molecule has 1 saturated heterocycles. The summed E-state index contributed by atoms with van der Waals surface area (Å²) >= 11 is 1.28. The molecule has 1 aliphatic heterocycles. The average Bonchev–Trinajstić information content (AvgIpc) is 3.21. The maximum absolute atomic E-state index is 13.9. The van der Waals surface area contributed by atoms with E-state index in [1.807, 2.05) is 17.0 Å². The van der Waals surface area contributed by atoms with Crippen LogP contribution in [0.15, 0.2) is 24.3 Å². The number of nitrogens with two attached hydrogens (primary N) is 2. The van der Waals surface area contributed by atoms with Crippen LogP contribution in [0.25, 0.3) is 21.3 Å². The molecule has 2 bridgehead atoms. The second-order valence-electron chi connectivity index (χ2n) is 11.6. The number of hydrogen-bond acceptors (Lipinski definition) is 6. The molecule has 182 valence electrons. The summed E-state index contributed by atoms with van der Waals surface area (Å²) in [6.07, 6.45) is 3.14. The van der Waals surface area contributed by atoms with E-state index in [-0.39, 0.29) is 23.2 Å². The lowest BCUT2D eigenvalue weighted by Crippen LogP contribution is -2.48. The Kier molecular flexibility index (Phi) is 5.37. The van der Waals surface area contributed by atoms with Crippen LogP contribution in [0.3, 0.4) is 0 Å². The van der Waals surface area contributed by atoms with Crippen molar-refractivity contribution in [2.45, 2.75) is 65.8 Å². The van der Waals surface area contributed by atoms with Gasteiger partial charge in [-0.1, -0.05) is 58.9 Å². The minimum Gasteiger partial charge on any atom is -0.397 e. The Hall–Kier alpha value is -3.11. The van der Waals surface area contributed by atoms with Crippen LogP contribution in [-0.4, -0.2) is 28.4 Å². The SMILES string of the molecule is CC(C)c1ccc(-c2c(C#N)c(N)nc3sc(C(=O)N4CCC5(C)CC4C(C)(C)C5)c(N)c23)cc1. The molecule has 3 heterocycles. The number of thiophene rings is 1. The highest BCUT2D eigenvalue weighted by Gasteiger charge is 2.53. The van der Waals surface area contributed by atoms with Crippen molar-refractivity contribution < 1.29 is 4.79 Å². The van der Waals surface area contributed by atoms with Gasteiger partial charge in [0.15, 0.2) is 0 Å². The number of likely N-dealkylation sites (tertiary alicyclic amines) is 1. The topological polar surface area (TPSA) is 109 Å². The largest absolute Gasteiger partial charge is 0.397 e. The molecular weight excluding hydrogens is 454 g/mol. The van der Waals surface area contributed by atoms with Crippen LogP contribution < -0.4 is 11.5 Å². The van der Waals surface area contributed by atoms with Gasteiger partial charge in [0.1, 0.15) is 27.2 Å². The number of nitrogen functional groups attached to an aromatic ring is 2. The van der Waals surface area contributed by atoms with Crippen molar-refractivity contribution in [3.8, 4) is 17.2 Å². The van der Waals surface area contributed by atoms with Gasteiger partial charge >= 0.3 is 0 Å². The number of nitrogens with zero attached hydrogens (tertiary/aromatic N) is 3. The van der Waals surface area contributed by atoms with Crippen molar-refractivity contribution in [2.24, 2.45) is 10.8 Å². The number of piperidine rings is 1. The Morgan fingerprint density at radius 2 is 1.91 bits per heavy atom. The molecule has 5 rings (SSSR count). The second kappa shape index (κ2) is 7.96. The highest BCUT2D eigenvalue weighted by molar-refractivity contribution is 7.21. The number of benzene rings is 1. The Morgan fingerprint density at radius 1 is 1.23 bits per heavy atom. The molecule has 1 aliphatic carbocycles. The molecule has 0 radical (unpaired) electrons. The van der Waals surface area contributed by atoms with Gasteiger partial charge in [-0.25, -0.2) is 4.98 Å². The lowest BCUT2D eigenvalue weighted by Gasteiger charge is -2.40. The van der Waals surface area contributed by atoms with Crippen molar-refractivity contribution in [2.75, 3.05) is 18.0 Å². The maximum atomic E-state index is 13.9. The van der Waals surface area contributed by atoms with E-state index in [9.17, 15) is 10.1 Å². The highest BCUT2D eigenvalue weighted by Crippen LogP contribution is 2.56. The molecule has 2 fully saturated rings. The number of pyridine rings is 1. The van der Waals surface area contributed by atoms with Crippen molar-refractivity contribution in [3.63, 3.8) is 0 Å². The molecule has 3 aromatic rings. The number of amides is 1. The van der Waals surface area contributed by atoms with Gasteiger partial charge in [-0.05, 0) is 47.1 Å². The quantitative estimate of drug-likeness (QED) is 0.459. The Labute approximate surface area is 210 Å². The lowest BCUT2D eigenvalue weighted by atomic mass is 9.81. The molecule has 1 saturated carbocycles. The van der Waals surface area contributed by atoms with Gasteiger partial charge in [-0.2, -0.15) is 5.26 Å². The van der Waals surface area contributed by atoms with E-state index in [0.29, 0.717) is 43.2 Å². The first-order valence-electron chi connectivity index (χ1n) is 12.3. The lowest BCUT2D eigenvalue weighted by molar-refractivity contribution is 0.0480. The standard InChI is InChI=1S/C28H33N5OS/c1-15(2)16-6-8-17(9-7-16)20-18(13-29)24(31)32-25-21(20)22(30)23(35-25)26(34)33-11-10-28(5)12-19(33)27(3,4)14-28/h6-9,15,19H,10-12,14,30H2,1-5H3,(H2,31,32). The third-order valence-electron chi connectivity index (χ3n) is 8.14. The molecule has 1 aromatic carbocycles. The number of nitriles is 1. The summed E-state index contributed by atoms with van der Waals surface area (Å²) in [5.74, 6) is 0.517. The van der Waals surface area contributed by atoms with E-state index in [1.54, 1.807) is 0 Å². The van der Waals surface area contributed by atoms with Gasteiger partial charge in [0.25, 0.3) is 5.91 Å². The third-order valence-corrected chi connectivity index (χ3v) is 9.23. The van der Waals surface area contributed by atoms with E-state index in [4.69, 9.17) is 11.5 Å². The average molecular weight is 488 g/mol. The molecule has 2 aromatic heterocycles. The van der Waals surface area contributed by atoms with Crippen LogP contribution in [0.5, 0.6) is 0 Å². The minimum atomic E-state index is -0.0364. The van der Waals surface area contributed by atoms with Gasteiger partial charge in [-0.3, -0.25) is 4.79 Å². The summed E-state index contributed by atoms with van der Waals surface area (Å²) in [5.41, 5.74) is 16.7. The monoisotopic (exact) mass is 487 g/mol. The predicted molar refractivity (Wildman–Crippen MR) is 143 cm³/mol. The van der Waals surface area contributed by atoms with Gasteiger partial charge in [0.2, 0.25) is 0 Å². The van der Waals surface area contributed by atoms with Crippen molar-refractivity contribution >= 4 is 39.0 Å². The number of aromatic nitrogens is 1. The fraction of sp³-hybridized carbons (Fsp3) is 0.464. The highest BCUT2D eigenvalue weighted by atomic mass is 32.1. The van der Waals surface area contributed by atoms with Crippen LogP contribution in [-0.2, 0) is 0 Å². The van der Waals surface area contributed by atoms with Crippen LogP contribution in [0, 0.1) is 22.2 Å². The zero-order valence-electron chi connectivity index (χ0n) is 21.1. The predicted octanol–water partition coefficient (Wildman–Crippen LogP) is 6.16. The Bertz CT molecular complexity index is 1380. The fourth-order valence-corrected chi connectivity index (χ4v) is 7.51. The van der Waals surface area contributed by atoms with E-state index >= 15 is 0 Å². The summed E-state index contributed by atoms with van der Waals surface area (Å²) in [4.78, 5) is 21.5. The normalized spacial score (nSPS) is 23.1. The molecular formula is C28H33N5OS. The third kappa shape index (κ3) is 3.66. The van der Waals surface area contributed by atoms with E-state index < -0.39 is 0 Å². The number of carbonyl (C=O) groups is 1. The molecule has 0 spiro atoms. The van der Waals surface area contributed by atoms with Gasteiger partial charge in [0, 0.05) is 23.5 Å². The molecule has 2 unspecified atom stereocenters. The second-order valence-corrected chi connectivity index (χ2v) is 12.6. The maximum Gasteiger partial charge on any atom is 0.266 e. The smallest absolute Gasteiger partial charge is 0.266 e. The number of hydrogen-bond donors (Lipinski definition) is 2. The molecule has 2 aliphatic rings. The zero-order valence-corrected chi connectivity index (χ0v) is 21.9. The molecule has 6 nitrogen and oxygen atoms in total. The summed E-state index contributed by atoms with van der Waals surface area (Å²) in [7, 11) is 0. The van der Waals surface area contributed by atoms with E-state index in [1.165, 1.54) is 16.9 Å². The van der Waals surface area contributed by atoms with Crippen LogP contribution in [0.4, 0.5) is 11.5 Å². The first kappa shape index (κ1) is 23.6. The number of carbonyl (C=O) groups excluding carboxylic acids is 1. The van der Waals surface area contributed by atoms with Crippen LogP contribution in [0.2, 0.25) is 0 Å². The van der Waals surface area contributed by atoms with Crippen LogP contribution in [0.1, 0.15) is 80.6 Å². The van der Waals surface area contributed by atoms with Gasteiger partial charge in [-0.15, -0.1) is 11.3 Å². The van der Waals surface area contributed by atoms with Crippen molar-refractivity contribution in [1.29, 1.82) is 5.26 Å². The van der Waals surface area contributed by atoms with Crippen LogP contribution >= 0.6 is 11.3 Å². The summed E-state index contributed by atoms with van der Waals surface area (Å²) in [6.45, 7) is 11.9.